The van der Waals surface area contributed by atoms with Crippen LogP contribution in [0.5, 0.6) is 0 Å². The minimum Gasteiger partial charge on any atom is -0.756 e. The van der Waals surface area contributed by atoms with Gasteiger partial charge < -0.3 is 28.5 Å². The Morgan fingerprint density at radius 1 is 0.432 bits per heavy atom. The number of amides is 1. The molecule has 81 heavy (non-hydrogen) atoms. The summed E-state index contributed by atoms with van der Waals surface area (Å²) in [5, 5.41) is 3.03. The number of allylic oxidation sites excluding steroid dienone is 7. The fourth-order valence-corrected chi connectivity index (χ4v) is 11.1. The van der Waals surface area contributed by atoms with Gasteiger partial charge in [0.25, 0.3) is 7.82 Å². The minimum absolute atomic E-state index is 0.0235. The van der Waals surface area contributed by atoms with Gasteiger partial charge in [-0.1, -0.05) is 294 Å². The topological polar surface area (TPSA) is 114 Å². The van der Waals surface area contributed by atoms with E-state index in [0.717, 1.165) is 83.5 Å². The summed E-state index contributed by atoms with van der Waals surface area (Å²) in [4.78, 5) is 40.1. The van der Waals surface area contributed by atoms with Crippen molar-refractivity contribution in [3.63, 3.8) is 0 Å². The predicted octanol–water partition coefficient (Wildman–Crippen LogP) is 21.4. The lowest BCUT2D eigenvalue weighted by Crippen LogP contribution is -2.47. The van der Waals surface area contributed by atoms with Gasteiger partial charge in [0.15, 0.2) is 0 Å². The fourth-order valence-electron chi connectivity index (χ4n) is 10.3. The number of hydrogen-bond donors (Lipinski definition) is 1. The van der Waals surface area contributed by atoms with E-state index in [9.17, 15) is 19.0 Å². The molecule has 0 rings (SSSR count). The molecule has 0 heterocycles. The maximum Gasteiger partial charge on any atom is 0.306 e. The summed E-state index contributed by atoms with van der Waals surface area (Å²) in [5.74, 6) is -0.540. The molecular formula is C71H135N2O7P. The molecule has 0 aromatic rings. The van der Waals surface area contributed by atoms with E-state index in [1.165, 1.54) is 225 Å². The highest BCUT2D eigenvalue weighted by Crippen LogP contribution is 2.38. The van der Waals surface area contributed by atoms with E-state index in [1.807, 2.05) is 33.3 Å². The highest BCUT2D eigenvalue weighted by molar-refractivity contribution is 7.45. The molecule has 0 aliphatic rings. The van der Waals surface area contributed by atoms with E-state index in [4.69, 9.17) is 13.8 Å². The lowest BCUT2D eigenvalue weighted by molar-refractivity contribution is -0.870. The van der Waals surface area contributed by atoms with E-state index in [2.05, 4.69) is 62.5 Å². The Bertz CT molecular complexity index is 1520. The summed E-state index contributed by atoms with van der Waals surface area (Å²) in [5.41, 5.74) is 0. The first-order valence-electron chi connectivity index (χ1n) is 35.0. The molecule has 3 unspecified atom stereocenters. The van der Waals surface area contributed by atoms with Crippen LogP contribution in [0.2, 0.25) is 0 Å². The molecule has 3 atom stereocenters. The van der Waals surface area contributed by atoms with Crippen LogP contribution in [0, 0.1) is 0 Å². The number of ether oxygens (including phenoxy) is 1. The van der Waals surface area contributed by atoms with Gasteiger partial charge >= 0.3 is 5.97 Å². The zero-order chi connectivity index (χ0) is 59.3. The number of carbonyl (C=O) groups is 2. The predicted molar refractivity (Wildman–Crippen MR) is 349 cm³/mol. The molecule has 476 valence electrons. The van der Waals surface area contributed by atoms with Crippen LogP contribution in [-0.4, -0.2) is 69.4 Å². The van der Waals surface area contributed by atoms with E-state index in [-0.39, 0.29) is 24.9 Å². The molecule has 0 aliphatic carbocycles. The third kappa shape index (κ3) is 62.3. The second-order valence-corrected chi connectivity index (χ2v) is 26.5. The van der Waals surface area contributed by atoms with Crippen LogP contribution in [0.3, 0.4) is 0 Å². The molecule has 1 N–H and O–H groups in total. The molecule has 0 aromatic heterocycles. The Balaban J connectivity index is 5.02. The van der Waals surface area contributed by atoms with Gasteiger partial charge in [0.2, 0.25) is 5.91 Å². The maximum atomic E-state index is 13.6. The fraction of sp³-hybridized carbons (Fsp3) is 0.859. The Hall–Kier alpha value is -2.03. The van der Waals surface area contributed by atoms with Crippen molar-refractivity contribution in [1.82, 2.24) is 5.32 Å². The van der Waals surface area contributed by atoms with Gasteiger partial charge in [-0.15, -0.1) is 0 Å². The van der Waals surface area contributed by atoms with E-state index < -0.39 is 26.6 Å². The number of carbonyl (C=O) groups excluding carboxylic acids is 2. The van der Waals surface area contributed by atoms with E-state index in [0.29, 0.717) is 17.4 Å². The lowest BCUT2D eigenvalue weighted by Gasteiger charge is -2.30. The Labute approximate surface area is 503 Å². The molecule has 0 aromatic carbocycles. The van der Waals surface area contributed by atoms with Crippen molar-refractivity contribution < 1.29 is 37.3 Å². The maximum absolute atomic E-state index is 13.6. The van der Waals surface area contributed by atoms with Crippen molar-refractivity contribution in [1.29, 1.82) is 0 Å². The smallest absolute Gasteiger partial charge is 0.306 e. The zero-order valence-corrected chi connectivity index (χ0v) is 55.4. The van der Waals surface area contributed by atoms with Gasteiger partial charge in [0.05, 0.1) is 33.8 Å². The van der Waals surface area contributed by atoms with Crippen LogP contribution in [0.25, 0.3) is 0 Å². The van der Waals surface area contributed by atoms with Crippen LogP contribution < -0.4 is 10.2 Å². The number of esters is 1. The summed E-state index contributed by atoms with van der Waals surface area (Å²) in [7, 11) is 1.19. The number of unbranched alkanes of at least 4 members (excludes halogenated alkanes) is 43. The quantitative estimate of drug-likeness (QED) is 0.0161. The molecule has 0 saturated carbocycles. The molecule has 0 radical (unpaired) electrons. The molecule has 9 nitrogen and oxygen atoms in total. The number of phosphoric ester groups is 1. The molecule has 0 aliphatic heterocycles. The van der Waals surface area contributed by atoms with Gasteiger partial charge in [-0.2, -0.15) is 0 Å². The summed E-state index contributed by atoms with van der Waals surface area (Å²) in [6, 6.07) is -0.893. The average molecular weight is 1160 g/mol. The van der Waals surface area contributed by atoms with Crippen molar-refractivity contribution in [2.24, 2.45) is 0 Å². The summed E-state index contributed by atoms with van der Waals surface area (Å²) < 4.78 is 30.4. The van der Waals surface area contributed by atoms with Gasteiger partial charge in [-0.3, -0.25) is 14.2 Å². The van der Waals surface area contributed by atoms with Gasteiger partial charge in [0.1, 0.15) is 19.3 Å². The van der Waals surface area contributed by atoms with E-state index >= 15 is 0 Å². The molecule has 0 bridgehead atoms. The zero-order valence-electron chi connectivity index (χ0n) is 54.5. The highest BCUT2D eigenvalue weighted by atomic mass is 31.2. The summed E-state index contributed by atoms with van der Waals surface area (Å²) in [6.07, 6.45) is 76.7. The van der Waals surface area contributed by atoms with Gasteiger partial charge in [-0.05, 0) is 83.1 Å². The number of hydrogen-bond acceptors (Lipinski definition) is 7. The number of nitrogens with one attached hydrogen (secondary N) is 1. The van der Waals surface area contributed by atoms with Crippen LogP contribution in [0.15, 0.2) is 48.6 Å². The van der Waals surface area contributed by atoms with Gasteiger partial charge in [-0.25, -0.2) is 0 Å². The molecule has 10 heteroatoms. The third-order valence-electron chi connectivity index (χ3n) is 15.8. The normalized spacial score (nSPS) is 13.8. The number of rotatable bonds is 64. The third-order valence-corrected chi connectivity index (χ3v) is 16.7. The molecule has 0 fully saturated rings. The van der Waals surface area contributed by atoms with Crippen molar-refractivity contribution in [2.75, 3.05) is 40.9 Å². The number of likely N-dealkylation sites (N-methyl/N-ethyl adjacent to an activating group) is 1. The SMILES string of the molecule is CCCCC/C=C/C=C/CCCCCCCCC(=O)NC(COP(=O)([O-])OCC[N+](C)(C)C)C(/C=C\CCCCCCCCCCCCC)OC(=O)CCCCCCCCCCCCCCCCCCC/C=C/CCCCCCCC. The van der Waals surface area contributed by atoms with Crippen molar-refractivity contribution >= 4 is 19.7 Å². The first kappa shape index (κ1) is 79.0. The van der Waals surface area contributed by atoms with Crippen molar-refractivity contribution in [2.45, 2.75) is 354 Å². The largest absolute Gasteiger partial charge is 0.756 e. The molecule has 1 amide bonds. The second-order valence-electron chi connectivity index (χ2n) is 25.1. The number of quaternary nitrogens is 1. The molecule has 0 saturated heterocycles. The second kappa shape index (κ2) is 61.1. The minimum atomic E-state index is -4.70. The van der Waals surface area contributed by atoms with Crippen LogP contribution >= 0.6 is 7.82 Å². The Kier molecular flexibility index (Phi) is 59.5. The van der Waals surface area contributed by atoms with Crippen molar-refractivity contribution in [3.8, 4) is 0 Å². The molecule has 0 spiro atoms. The summed E-state index contributed by atoms with van der Waals surface area (Å²) >= 11 is 0. The standard InChI is InChI=1S/C71H135N2O7P/c1-7-10-13-16-19-22-25-28-30-31-32-33-34-35-36-37-38-39-40-41-43-46-49-52-55-58-61-64-71(75)80-69(62-59-56-53-50-47-44-27-24-21-18-15-12-9-3)68(67-79-81(76,77)78-66-65-73(4,5)6)72-70(74)63-60-57-54-51-48-45-42-29-26-23-20-17-14-11-8-2/h20,23,26,28-30,59,62,68-69H,7-19,21-22,24-25,27,31-58,60-61,63-67H2,1-6H3,(H-,72,74,76,77)/b23-20+,29-26+,30-28+,62-59-. The first-order chi connectivity index (χ1) is 39.4. The monoisotopic (exact) mass is 1160 g/mol. The Morgan fingerprint density at radius 3 is 1.15 bits per heavy atom. The lowest BCUT2D eigenvalue weighted by atomic mass is 10.0. The van der Waals surface area contributed by atoms with Crippen LogP contribution in [0.1, 0.15) is 342 Å². The highest BCUT2D eigenvalue weighted by Gasteiger charge is 2.27. The van der Waals surface area contributed by atoms with Gasteiger partial charge in [0, 0.05) is 12.8 Å². The number of phosphoric acid groups is 1. The van der Waals surface area contributed by atoms with Crippen LogP contribution in [-0.2, 0) is 27.9 Å². The summed E-state index contributed by atoms with van der Waals surface area (Å²) in [6.45, 7) is 6.84. The average Bonchev–Trinajstić information content (AvgIpc) is 3.44. The first-order valence-corrected chi connectivity index (χ1v) is 36.4. The van der Waals surface area contributed by atoms with Crippen molar-refractivity contribution in [3.05, 3.63) is 48.6 Å². The number of nitrogens with zero attached hydrogens (tertiary/aromatic N) is 1. The Morgan fingerprint density at radius 2 is 0.753 bits per heavy atom. The molecular weight excluding hydrogens is 1020 g/mol. The van der Waals surface area contributed by atoms with Crippen LogP contribution in [0.4, 0.5) is 0 Å². The van der Waals surface area contributed by atoms with E-state index in [1.54, 1.807) is 0 Å².